The average molecular weight is 256 g/mol. The quantitative estimate of drug-likeness (QED) is 0.590. The first-order valence-corrected chi connectivity index (χ1v) is 6.47. The molecule has 0 aliphatic heterocycles. The fourth-order valence-electron chi connectivity index (χ4n) is 1.84. The number of methoxy groups -OCH3 is 1. The first-order chi connectivity index (χ1) is 9.38. The van der Waals surface area contributed by atoms with Crippen molar-refractivity contribution >= 4 is 0 Å². The van der Waals surface area contributed by atoms with Crippen molar-refractivity contribution in [2.24, 2.45) is 0 Å². The van der Waals surface area contributed by atoms with Crippen LogP contribution < -0.4 is 15.4 Å². The number of hydrogen-bond acceptors (Lipinski definition) is 3. The zero-order valence-corrected chi connectivity index (χ0v) is 11.2. The minimum atomic E-state index is 0.793. The summed E-state index contributed by atoms with van der Waals surface area (Å²) in [6, 6.07) is 18.5. The Morgan fingerprint density at radius 2 is 1.37 bits per heavy atom. The molecule has 0 atom stereocenters. The van der Waals surface area contributed by atoms with Gasteiger partial charge >= 0.3 is 0 Å². The van der Waals surface area contributed by atoms with Crippen LogP contribution in [0, 0.1) is 0 Å². The second-order valence-electron chi connectivity index (χ2n) is 4.36. The number of rotatable bonds is 7. The van der Waals surface area contributed by atoms with Gasteiger partial charge in [0.2, 0.25) is 0 Å². The van der Waals surface area contributed by atoms with Crippen LogP contribution in [0.1, 0.15) is 11.1 Å². The number of hydrogen-bond donors (Lipinski definition) is 2. The van der Waals surface area contributed by atoms with Gasteiger partial charge in [-0.05, 0) is 23.3 Å². The minimum absolute atomic E-state index is 0.793. The van der Waals surface area contributed by atoms with E-state index in [1.165, 1.54) is 11.1 Å². The van der Waals surface area contributed by atoms with Crippen LogP contribution in [-0.2, 0) is 13.1 Å². The van der Waals surface area contributed by atoms with E-state index in [0.717, 1.165) is 25.5 Å². The Morgan fingerprint density at radius 3 is 1.95 bits per heavy atom. The van der Waals surface area contributed by atoms with E-state index in [0.29, 0.717) is 0 Å². The van der Waals surface area contributed by atoms with Crippen molar-refractivity contribution < 1.29 is 4.74 Å². The zero-order valence-electron chi connectivity index (χ0n) is 11.2. The first kappa shape index (κ1) is 13.6. The average Bonchev–Trinajstić information content (AvgIpc) is 2.49. The second-order valence-corrected chi connectivity index (χ2v) is 4.36. The molecule has 0 fully saturated rings. The third kappa shape index (κ3) is 4.73. The molecule has 0 aliphatic carbocycles. The molecule has 0 saturated carbocycles. The second kappa shape index (κ2) is 7.56. The van der Waals surface area contributed by atoms with Gasteiger partial charge in [-0.2, -0.15) is 0 Å². The molecule has 0 radical (unpaired) electrons. The molecule has 0 spiro atoms. The van der Waals surface area contributed by atoms with E-state index >= 15 is 0 Å². The van der Waals surface area contributed by atoms with E-state index in [-0.39, 0.29) is 0 Å². The van der Waals surface area contributed by atoms with Gasteiger partial charge in [0.05, 0.1) is 7.11 Å². The fourth-order valence-corrected chi connectivity index (χ4v) is 1.84. The highest BCUT2D eigenvalue weighted by Crippen LogP contribution is 2.10. The molecule has 100 valence electrons. The fraction of sp³-hybridized carbons (Fsp3) is 0.250. The predicted molar refractivity (Wildman–Crippen MR) is 78.0 cm³/mol. The van der Waals surface area contributed by atoms with Crippen LogP contribution in [0.5, 0.6) is 5.75 Å². The molecule has 0 aliphatic rings. The summed E-state index contributed by atoms with van der Waals surface area (Å²) in [5.74, 6) is 0.894. The highest BCUT2D eigenvalue weighted by Gasteiger charge is 1.94. The van der Waals surface area contributed by atoms with Crippen LogP contribution in [0.4, 0.5) is 0 Å². The van der Waals surface area contributed by atoms with E-state index in [1.54, 1.807) is 7.11 Å². The van der Waals surface area contributed by atoms with Gasteiger partial charge in [0.25, 0.3) is 0 Å². The van der Waals surface area contributed by atoms with Gasteiger partial charge < -0.3 is 15.4 Å². The summed E-state index contributed by atoms with van der Waals surface area (Å²) in [7, 11) is 1.68. The summed E-state index contributed by atoms with van der Waals surface area (Å²) in [4.78, 5) is 0. The lowest BCUT2D eigenvalue weighted by atomic mass is 10.2. The molecular formula is C16H20N2O. The van der Waals surface area contributed by atoms with Crippen molar-refractivity contribution in [2.75, 3.05) is 13.8 Å². The largest absolute Gasteiger partial charge is 0.497 e. The van der Waals surface area contributed by atoms with Crippen molar-refractivity contribution in [1.82, 2.24) is 10.6 Å². The molecule has 0 unspecified atom stereocenters. The maximum Gasteiger partial charge on any atom is 0.118 e. The van der Waals surface area contributed by atoms with E-state index < -0.39 is 0 Å². The van der Waals surface area contributed by atoms with Crippen LogP contribution >= 0.6 is 0 Å². The van der Waals surface area contributed by atoms with Gasteiger partial charge in [-0.1, -0.05) is 42.5 Å². The summed E-state index contributed by atoms with van der Waals surface area (Å²) in [5.41, 5.74) is 2.55. The first-order valence-electron chi connectivity index (χ1n) is 6.47. The van der Waals surface area contributed by atoms with Crippen LogP contribution in [0.3, 0.4) is 0 Å². The Bertz CT molecular complexity index is 468. The summed E-state index contributed by atoms with van der Waals surface area (Å²) in [6.45, 7) is 2.53. The Morgan fingerprint density at radius 1 is 0.789 bits per heavy atom. The molecule has 0 bridgehead atoms. The Labute approximate surface area is 114 Å². The van der Waals surface area contributed by atoms with Crippen LogP contribution in [0.15, 0.2) is 54.6 Å². The van der Waals surface area contributed by atoms with Crippen molar-refractivity contribution in [1.29, 1.82) is 0 Å². The summed E-state index contributed by atoms with van der Waals surface area (Å²) < 4.78 is 5.13. The lowest BCUT2D eigenvalue weighted by molar-refractivity contribution is 0.414. The predicted octanol–water partition coefficient (Wildman–Crippen LogP) is 2.53. The van der Waals surface area contributed by atoms with Crippen LogP contribution in [-0.4, -0.2) is 13.8 Å². The molecule has 0 aromatic heterocycles. The van der Waals surface area contributed by atoms with E-state index in [9.17, 15) is 0 Å². The Kier molecular flexibility index (Phi) is 5.41. The Balaban J connectivity index is 1.63. The number of ether oxygens (including phenoxy) is 1. The molecule has 2 N–H and O–H groups in total. The summed E-state index contributed by atoms with van der Waals surface area (Å²) >= 11 is 0. The molecule has 0 amide bonds. The van der Waals surface area contributed by atoms with Crippen LogP contribution in [0.25, 0.3) is 0 Å². The van der Waals surface area contributed by atoms with Gasteiger partial charge in [0.1, 0.15) is 5.75 Å². The standard InChI is InChI=1S/C16H20N2O/c1-19-16-9-7-15(8-10-16)12-18-13-17-11-14-5-3-2-4-6-14/h2-10,17-18H,11-13H2,1H3. The molecule has 2 aromatic carbocycles. The van der Waals surface area contributed by atoms with Crippen molar-refractivity contribution in [2.45, 2.75) is 13.1 Å². The monoisotopic (exact) mass is 256 g/mol. The van der Waals surface area contributed by atoms with Crippen molar-refractivity contribution in [3.05, 3.63) is 65.7 Å². The molecular weight excluding hydrogens is 236 g/mol. The van der Waals surface area contributed by atoms with Crippen molar-refractivity contribution in [3.8, 4) is 5.75 Å². The summed E-state index contributed by atoms with van der Waals surface area (Å²) in [5, 5.41) is 6.72. The third-order valence-electron chi connectivity index (χ3n) is 2.91. The van der Waals surface area contributed by atoms with Gasteiger partial charge in [0, 0.05) is 19.8 Å². The topological polar surface area (TPSA) is 33.3 Å². The molecule has 3 heteroatoms. The smallest absolute Gasteiger partial charge is 0.118 e. The number of benzene rings is 2. The van der Waals surface area contributed by atoms with E-state index in [4.69, 9.17) is 4.74 Å². The van der Waals surface area contributed by atoms with Crippen molar-refractivity contribution in [3.63, 3.8) is 0 Å². The lowest BCUT2D eigenvalue weighted by Crippen LogP contribution is -2.28. The van der Waals surface area contributed by atoms with Gasteiger partial charge in [-0.3, -0.25) is 0 Å². The van der Waals surface area contributed by atoms with Gasteiger partial charge in [-0.15, -0.1) is 0 Å². The van der Waals surface area contributed by atoms with Gasteiger partial charge in [0.15, 0.2) is 0 Å². The molecule has 0 saturated heterocycles. The lowest BCUT2D eigenvalue weighted by Gasteiger charge is -2.07. The normalized spacial score (nSPS) is 10.4. The highest BCUT2D eigenvalue weighted by atomic mass is 16.5. The van der Waals surface area contributed by atoms with Gasteiger partial charge in [-0.25, -0.2) is 0 Å². The molecule has 19 heavy (non-hydrogen) atoms. The molecule has 3 nitrogen and oxygen atoms in total. The molecule has 2 aromatic rings. The summed E-state index contributed by atoms with van der Waals surface area (Å²) in [6.07, 6.45) is 0. The zero-order chi connectivity index (χ0) is 13.3. The maximum atomic E-state index is 5.13. The van der Waals surface area contributed by atoms with E-state index in [2.05, 4.69) is 47.0 Å². The maximum absolute atomic E-state index is 5.13. The molecule has 0 heterocycles. The minimum Gasteiger partial charge on any atom is -0.497 e. The third-order valence-corrected chi connectivity index (χ3v) is 2.91. The van der Waals surface area contributed by atoms with Crippen LogP contribution in [0.2, 0.25) is 0 Å². The number of nitrogens with one attached hydrogen (secondary N) is 2. The highest BCUT2D eigenvalue weighted by molar-refractivity contribution is 5.26. The molecule has 2 rings (SSSR count). The SMILES string of the molecule is COc1ccc(CNCNCc2ccccc2)cc1. The van der Waals surface area contributed by atoms with E-state index in [1.807, 2.05) is 18.2 Å². The Hall–Kier alpha value is -1.84.